The van der Waals surface area contributed by atoms with Crippen molar-refractivity contribution in [3.05, 3.63) is 12.2 Å². The zero-order valence-electron chi connectivity index (χ0n) is 19.3. The zero-order chi connectivity index (χ0) is 23.6. The van der Waals surface area contributed by atoms with E-state index >= 15 is 0 Å². The predicted molar refractivity (Wildman–Crippen MR) is 113 cm³/mol. The molecule has 7 unspecified atom stereocenters. The largest absolute Gasteiger partial charge is 0.466 e. The fourth-order valence-corrected chi connectivity index (χ4v) is 4.70. The van der Waals surface area contributed by atoms with E-state index in [1.807, 2.05) is 6.92 Å². The van der Waals surface area contributed by atoms with Gasteiger partial charge in [0.15, 0.2) is 0 Å². The lowest BCUT2D eigenvalue weighted by Gasteiger charge is -2.37. The number of carbonyl (C=O) groups is 2. The second kappa shape index (κ2) is 9.57. The Hall–Kier alpha value is -1.48. The molecular weight excluding hydrogens is 404 g/mol. The van der Waals surface area contributed by atoms with E-state index in [0.29, 0.717) is 25.7 Å². The van der Waals surface area contributed by atoms with Crippen molar-refractivity contribution < 1.29 is 39.1 Å². The summed E-state index contributed by atoms with van der Waals surface area (Å²) in [5.74, 6) is -1.53. The minimum Gasteiger partial charge on any atom is -0.466 e. The summed E-state index contributed by atoms with van der Waals surface area (Å²) >= 11 is 0. The highest BCUT2D eigenvalue weighted by Crippen LogP contribution is 2.43. The van der Waals surface area contributed by atoms with Crippen molar-refractivity contribution in [1.29, 1.82) is 0 Å². The Kier molecular flexibility index (Phi) is 7.95. The van der Waals surface area contributed by atoms with Crippen LogP contribution in [0.25, 0.3) is 0 Å². The van der Waals surface area contributed by atoms with Crippen LogP contribution >= 0.6 is 0 Å². The maximum Gasteiger partial charge on any atom is 0.333 e. The van der Waals surface area contributed by atoms with Gasteiger partial charge in [-0.15, -0.1) is 0 Å². The number of ether oxygens (including phenoxy) is 3. The van der Waals surface area contributed by atoms with E-state index in [4.69, 9.17) is 14.2 Å². The number of rotatable bonds is 3. The minimum absolute atomic E-state index is 0.0814. The molecule has 0 radical (unpaired) electrons. The molecule has 0 amide bonds. The van der Waals surface area contributed by atoms with Gasteiger partial charge >= 0.3 is 11.9 Å². The molecule has 0 saturated carbocycles. The molecule has 0 aromatic carbocycles. The lowest BCUT2D eigenvalue weighted by molar-refractivity contribution is -0.185. The van der Waals surface area contributed by atoms with Crippen LogP contribution in [0.4, 0.5) is 0 Å². The summed E-state index contributed by atoms with van der Waals surface area (Å²) in [5, 5.41) is 33.0. The summed E-state index contributed by atoms with van der Waals surface area (Å²) < 4.78 is 16.6. The first kappa shape index (κ1) is 25.8. The monoisotopic (exact) mass is 442 g/mol. The van der Waals surface area contributed by atoms with Gasteiger partial charge < -0.3 is 29.5 Å². The van der Waals surface area contributed by atoms with E-state index in [2.05, 4.69) is 6.58 Å². The number of hydrogen-bond acceptors (Lipinski definition) is 8. The fourth-order valence-electron chi connectivity index (χ4n) is 4.70. The molecule has 31 heavy (non-hydrogen) atoms. The van der Waals surface area contributed by atoms with Gasteiger partial charge in [-0.1, -0.05) is 6.58 Å². The molecular formula is C23H38O8. The van der Waals surface area contributed by atoms with Gasteiger partial charge in [0.1, 0.15) is 11.7 Å². The third-order valence-electron chi connectivity index (χ3n) is 7.08. The van der Waals surface area contributed by atoms with Gasteiger partial charge in [-0.05, 0) is 71.6 Å². The molecule has 3 N–H and O–H groups in total. The number of aliphatic hydroxyl groups is 3. The van der Waals surface area contributed by atoms with Crippen LogP contribution in [0.5, 0.6) is 0 Å². The maximum atomic E-state index is 12.1. The molecule has 2 heterocycles. The normalized spacial score (nSPS) is 41.9. The highest BCUT2D eigenvalue weighted by molar-refractivity contribution is 5.88. The van der Waals surface area contributed by atoms with Crippen molar-refractivity contribution in [3.63, 3.8) is 0 Å². The van der Waals surface area contributed by atoms with E-state index in [9.17, 15) is 24.9 Å². The molecule has 0 aromatic heterocycles. The third kappa shape index (κ3) is 6.06. The molecule has 2 saturated heterocycles. The first-order valence-electron chi connectivity index (χ1n) is 11.0. The van der Waals surface area contributed by atoms with Gasteiger partial charge in [-0.2, -0.15) is 0 Å². The van der Waals surface area contributed by atoms with Gasteiger partial charge in [0.25, 0.3) is 0 Å². The van der Waals surface area contributed by atoms with Crippen LogP contribution in [-0.2, 0) is 23.8 Å². The summed E-state index contributed by atoms with van der Waals surface area (Å²) in [6.07, 6.45) is 0.0597. The molecule has 0 aliphatic carbocycles. The average molecular weight is 443 g/mol. The van der Waals surface area contributed by atoms with Gasteiger partial charge in [0, 0.05) is 12.5 Å². The SMILES string of the molecule is C=C(C(=O)OC)C1CCC(C)(O)C2CCC(C)(O2)C(OC(C)=O)CCC(C)(O)C(O)C1. The Morgan fingerprint density at radius 3 is 2.23 bits per heavy atom. The first-order valence-corrected chi connectivity index (χ1v) is 11.0. The number of carbonyl (C=O) groups excluding carboxylic acids is 2. The summed E-state index contributed by atoms with van der Waals surface area (Å²) in [7, 11) is 1.26. The van der Waals surface area contributed by atoms with Crippen LogP contribution < -0.4 is 0 Å². The van der Waals surface area contributed by atoms with Crippen LogP contribution in [-0.4, -0.2) is 69.5 Å². The third-order valence-corrected chi connectivity index (χ3v) is 7.08. The minimum atomic E-state index is -1.49. The smallest absolute Gasteiger partial charge is 0.333 e. The second-order valence-electron chi connectivity index (χ2n) is 9.81. The molecule has 2 rings (SSSR count). The Bertz CT molecular complexity index is 685. The number of fused-ring (bicyclic) bond motifs is 2. The van der Waals surface area contributed by atoms with Gasteiger partial charge in [-0.25, -0.2) is 4.79 Å². The van der Waals surface area contributed by atoms with Crippen molar-refractivity contribution in [2.45, 2.75) is 108 Å². The summed E-state index contributed by atoms with van der Waals surface area (Å²) in [4.78, 5) is 23.8. The molecule has 0 aromatic rings. The summed E-state index contributed by atoms with van der Waals surface area (Å²) in [6.45, 7) is 10.2. The molecule has 8 nitrogen and oxygen atoms in total. The molecule has 2 aliphatic rings. The number of esters is 2. The van der Waals surface area contributed by atoms with Crippen molar-refractivity contribution in [1.82, 2.24) is 0 Å². The molecule has 7 atom stereocenters. The van der Waals surface area contributed by atoms with Gasteiger partial charge in [0.05, 0.1) is 30.5 Å². The van der Waals surface area contributed by atoms with Gasteiger partial charge in [0.2, 0.25) is 0 Å². The van der Waals surface area contributed by atoms with Crippen LogP contribution in [0, 0.1) is 5.92 Å². The zero-order valence-corrected chi connectivity index (χ0v) is 19.3. The fraction of sp³-hybridized carbons (Fsp3) is 0.826. The summed E-state index contributed by atoms with van der Waals surface area (Å²) in [5.41, 5.74) is -3.31. The molecule has 178 valence electrons. The molecule has 2 aliphatic heterocycles. The number of hydrogen-bond donors (Lipinski definition) is 3. The topological polar surface area (TPSA) is 123 Å². The van der Waals surface area contributed by atoms with Crippen molar-refractivity contribution in [2.75, 3.05) is 7.11 Å². The average Bonchev–Trinajstić information content (AvgIpc) is 3.10. The van der Waals surface area contributed by atoms with E-state index in [-0.39, 0.29) is 24.8 Å². The lowest BCUT2D eigenvalue weighted by Crippen LogP contribution is -2.47. The molecule has 2 fully saturated rings. The van der Waals surface area contributed by atoms with Crippen molar-refractivity contribution in [2.24, 2.45) is 5.92 Å². The number of methoxy groups -OCH3 is 1. The van der Waals surface area contributed by atoms with E-state index in [0.717, 1.165) is 0 Å². The van der Waals surface area contributed by atoms with Gasteiger partial charge in [-0.3, -0.25) is 4.79 Å². The van der Waals surface area contributed by atoms with Crippen LogP contribution in [0.1, 0.15) is 72.6 Å². The predicted octanol–water partition coefficient (Wildman–Crippen LogP) is 2.03. The highest BCUT2D eigenvalue weighted by atomic mass is 16.6. The summed E-state index contributed by atoms with van der Waals surface area (Å²) in [6, 6.07) is 0. The highest BCUT2D eigenvalue weighted by Gasteiger charge is 2.50. The Morgan fingerprint density at radius 1 is 1.03 bits per heavy atom. The molecule has 0 spiro atoms. The standard InChI is InChI=1S/C23H38O8/c1-14(20(26)29-6)16-7-10-22(4,28)18-9-12-23(5,31-18)19(30-15(2)24)8-11-21(3,27)17(25)13-16/h16-19,25,27-28H,1,7-13H2,2-6H3. The lowest BCUT2D eigenvalue weighted by atomic mass is 9.78. The van der Waals surface area contributed by atoms with E-state index in [1.54, 1.807) is 6.92 Å². The second-order valence-corrected chi connectivity index (χ2v) is 9.81. The maximum absolute atomic E-state index is 12.1. The number of aliphatic hydroxyl groups excluding tert-OH is 1. The van der Waals surface area contributed by atoms with Crippen molar-refractivity contribution in [3.8, 4) is 0 Å². The van der Waals surface area contributed by atoms with Crippen LogP contribution in [0.2, 0.25) is 0 Å². The van der Waals surface area contributed by atoms with Crippen LogP contribution in [0.3, 0.4) is 0 Å². The first-order chi connectivity index (χ1) is 14.2. The van der Waals surface area contributed by atoms with Crippen molar-refractivity contribution >= 4 is 11.9 Å². The quantitative estimate of drug-likeness (QED) is 0.448. The molecule has 2 bridgehead atoms. The Labute approximate surface area is 184 Å². The molecule has 8 heteroatoms. The van der Waals surface area contributed by atoms with Crippen LogP contribution in [0.15, 0.2) is 12.2 Å². The van der Waals surface area contributed by atoms with E-state index < -0.39 is 53.0 Å². The Balaban J connectivity index is 2.38. The van der Waals surface area contributed by atoms with E-state index in [1.165, 1.54) is 21.0 Å². The Morgan fingerprint density at radius 2 is 1.65 bits per heavy atom.